The molecule has 0 amide bonds. The molecule has 6 heteroatoms. The van der Waals surface area contributed by atoms with Crippen LogP contribution in [0.4, 0.5) is 0 Å². The highest BCUT2D eigenvalue weighted by Crippen LogP contribution is 2.20. The van der Waals surface area contributed by atoms with Crippen LogP contribution in [0.25, 0.3) is 0 Å². The highest BCUT2D eigenvalue weighted by molar-refractivity contribution is 7.89. The van der Waals surface area contributed by atoms with E-state index < -0.39 is 10.0 Å². The first-order valence-corrected chi connectivity index (χ1v) is 8.24. The van der Waals surface area contributed by atoms with Crippen molar-refractivity contribution in [2.75, 3.05) is 6.54 Å². The molecule has 0 bridgehead atoms. The molecule has 1 N–H and O–H groups in total. The summed E-state index contributed by atoms with van der Waals surface area (Å²) in [5.41, 5.74) is 1.34. The fourth-order valence-electron chi connectivity index (χ4n) is 2.13. The number of halogens is 1. The summed E-state index contributed by atoms with van der Waals surface area (Å²) in [7, 11) is -3.56. The Bertz CT molecular complexity index is 570. The summed E-state index contributed by atoms with van der Waals surface area (Å²) in [5.74, 6) is 0. The van der Waals surface area contributed by atoms with Gasteiger partial charge in [-0.2, -0.15) is 0 Å². The minimum absolute atomic E-state index is 0.00637. The van der Waals surface area contributed by atoms with E-state index in [1.165, 1.54) is 30.7 Å². The number of sulfonamides is 1. The quantitative estimate of drug-likeness (QED) is 0.672. The van der Waals surface area contributed by atoms with Crippen LogP contribution < -0.4 is 4.72 Å². The lowest BCUT2D eigenvalue weighted by Crippen LogP contribution is -2.25. The first-order chi connectivity index (χ1) is 9.09. The van der Waals surface area contributed by atoms with E-state index in [4.69, 9.17) is 11.6 Å². The Morgan fingerprint density at radius 1 is 1.37 bits per heavy atom. The lowest BCUT2D eigenvalue weighted by Gasteiger charge is -2.13. The Hall–Kier alpha value is -0.910. The first-order valence-electron chi connectivity index (χ1n) is 6.38. The zero-order valence-electron chi connectivity index (χ0n) is 10.6. The molecule has 0 saturated heterocycles. The Balaban J connectivity index is 1.95. The Labute approximate surface area is 118 Å². The number of hydrogen-bond donors (Lipinski definition) is 1. The summed E-state index contributed by atoms with van der Waals surface area (Å²) < 4.78 is 26.6. The molecule has 1 heterocycles. The smallest absolute Gasteiger partial charge is 0.243 e. The second kappa shape index (κ2) is 6.50. The van der Waals surface area contributed by atoms with Crippen LogP contribution in [0.3, 0.4) is 0 Å². The molecule has 2 rings (SSSR count). The van der Waals surface area contributed by atoms with Crippen molar-refractivity contribution in [3.8, 4) is 0 Å². The minimum Gasteiger partial charge on any atom is -0.243 e. The van der Waals surface area contributed by atoms with Gasteiger partial charge in [0.05, 0.1) is 0 Å². The largest absolute Gasteiger partial charge is 0.243 e. The minimum atomic E-state index is -3.56. The van der Waals surface area contributed by atoms with Gasteiger partial charge in [-0.1, -0.05) is 23.3 Å². The maximum Gasteiger partial charge on any atom is 0.243 e. The molecule has 4 nitrogen and oxygen atoms in total. The maximum atomic E-state index is 12.0. The van der Waals surface area contributed by atoms with Crippen molar-refractivity contribution >= 4 is 21.6 Å². The van der Waals surface area contributed by atoms with Crippen molar-refractivity contribution in [1.82, 2.24) is 9.71 Å². The Morgan fingerprint density at radius 3 is 2.89 bits per heavy atom. The normalized spacial score (nSPS) is 16.2. The lowest BCUT2D eigenvalue weighted by molar-refractivity contribution is 0.579. The van der Waals surface area contributed by atoms with Crippen molar-refractivity contribution in [3.05, 3.63) is 35.1 Å². The molecular formula is C13H17ClN2O2S. The molecule has 0 fully saturated rings. The van der Waals surface area contributed by atoms with Crippen LogP contribution in [0.1, 0.15) is 32.1 Å². The van der Waals surface area contributed by atoms with Crippen LogP contribution in [0.2, 0.25) is 5.15 Å². The molecule has 1 aromatic heterocycles. The lowest BCUT2D eigenvalue weighted by atomic mass is 9.97. The zero-order chi connectivity index (χ0) is 13.7. The molecule has 0 spiro atoms. The van der Waals surface area contributed by atoms with Crippen LogP contribution in [-0.2, 0) is 10.0 Å². The molecule has 0 saturated carbocycles. The van der Waals surface area contributed by atoms with Crippen LogP contribution >= 0.6 is 11.6 Å². The molecule has 0 aliphatic heterocycles. The van der Waals surface area contributed by atoms with Gasteiger partial charge in [0.25, 0.3) is 0 Å². The van der Waals surface area contributed by atoms with Crippen LogP contribution in [0.15, 0.2) is 34.9 Å². The van der Waals surface area contributed by atoms with Gasteiger partial charge in [-0.25, -0.2) is 18.1 Å². The number of nitrogens with zero attached hydrogens (tertiary/aromatic N) is 1. The highest BCUT2D eigenvalue weighted by atomic mass is 35.5. The predicted octanol–water partition coefficient (Wildman–Crippen LogP) is 2.90. The molecule has 1 aromatic rings. The van der Waals surface area contributed by atoms with E-state index >= 15 is 0 Å². The molecule has 1 aliphatic carbocycles. The van der Waals surface area contributed by atoms with E-state index in [-0.39, 0.29) is 10.0 Å². The van der Waals surface area contributed by atoms with Crippen LogP contribution in [0.5, 0.6) is 0 Å². The van der Waals surface area contributed by atoms with Gasteiger partial charge in [-0.15, -0.1) is 0 Å². The molecule has 104 valence electrons. The van der Waals surface area contributed by atoms with E-state index in [0.29, 0.717) is 6.54 Å². The van der Waals surface area contributed by atoms with Gasteiger partial charge in [0.15, 0.2) is 0 Å². The molecular weight excluding hydrogens is 284 g/mol. The van der Waals surface area contributed by atoms with E-state index in [2.05, 4.69) is 15.8 Å². The maximum absolute atomic E-state index is 12.0. The van der Waals surface area contributed by atoms with Crippen molar-refractivity contribution in [2.45, 2.75) is 37.0 Å². The van der Waals surface area contributed by atoms with Crippen molar-refractivity contribution in [1.29, 1.82) is 0 Å². The molecule has 1 aliphatic rings. The summed E-state index contributed by atoms with van der Waals surface area (Å²) in [6.07, 6.45) is 9.07. The summed E-state index contributed by atoms with van der Waals surface area (Å²) in [6, 6.07) is 3.02. The van der Waals surface area contributed by atoms with E-state index in [9.17, 15) is 8.42 Å². The fourth-order valence-corrected chi connectivity index (χ4v) is 3.61. The Kier molecular flexibility index (Phi) is 4.96. The summed E-state index contributed by atoms with van der Waals surface area (Å²) in [6.45, 7) is 0.402. The number of aromatic nitrogens is 1. The SMILES string of the molecule is O=S(=O)(NCCC1=CCCCC1)c1cccnc1Cl. The standard InChI is InChI=1S/C13H17ClN2O2S/c14-13-12(7-4-9-15-13)19(17,18)16-10-8-11-5-2-1-3-6-11/h4-5,7,9,16H,1-3,6,8,10H2. The van der Waals surface area contributed by atoms with Crippen LogP contribution in [-0.4, -0.2) is 19.9 Å². The average Bonchev–Trinajstić information content (AvgIpc) is 2.40. The second-order valence-corrected chi connectivity index (χ2v) is 6.64. The number of nitrogens with one attached hydrogen (secondary N) is 1. The van der Waals surface area contributed by atoms with E-state index in [0.717, 1.165) is 19.3 Å². The number of rotatable bonds is 5. The van der Waals surface area contributed by atoms with E-state index in [1.807, 2.05) is 0 Å². The number of pyridine rings is 1. The van der Waals surface area contributed by atoms with Gasteiger partial charge in [-0.3, -0.25) is 0 Å². The summed E-state index contributed by atoms with van der Waals surface area (Å²) in [4.78, 5) is 3.81. The topological polar surface area (TPSA) is 59.1 Å². The third kappa shape index (κ3) is 4.03. The van der Waals surface area contributed by atoms with Gasteiger partial charge in [0.1, 0.15) is 10.0 Å². The van der Waals surface area contributed by atoms with Gasteiger partial charge in [-0.05, 0) is 44.2 Å². The Morgan fingerprint density at radius 2 is 2.21 bits per heavy atom. The van der Waals surface area contributed by atoms with Gasteiger partial charge >= 0.3 is 0 Å². The van der Waals surface area contributed by atoms with E-state index in [1.54, 1.807) is 6.07 Å². The first kappa shape index (κ1) is 14.5. The van der Waals surface area contributed by atoms with Gasteiger partial charge < -0.3 is 0 Å². The van der Waals surface area contributed by atoms with Crippen molar-refractivity contribution in [2.24, 2.45) is 0 Å². The molecule has 19 heavy (non-hydrogen) atoms. The predicted molar refractivity (Wildman–Crippen MR) is 75.6 cm³/mol. The van der Waals surface area contributed by atoms with Crippen LogP contribution in [0, 0.1) is 0 Å². The highest BCUT2D eigenvalue weighted by Gasteiger charge is 2.17. The third-order valence-electron chi connectivity index (χ3n) is 3.14. The third-order valence-corrected chi connectivity index (χ3v) is 5.04. The number of hydrogen-bond acceptors (Lipinski definition) is 3. The monoisotopic (exact) mass is 300 g/mol. The molecule has 0 aromatic carbocycles. The van der Waals surface area contributed by atoms with Gasteiger partial charge in [0, 0.05) is 12.7 Å². The van der Waals surface area contributed by atoms with Crippen molar-refractivity contribution in [3.63, 3.8) is 0 Å². The molecule has 0 atom stereocenters. The average molecular weight is 301 g/mol. The second-order valence-electron chi connectivity index (χ2n) is 4.55. The summed E-state index contributed by atoms with van der Waals surface area (Å²) >= 11 is 5.79. The van der Waals surface area contributed by atoms with Gasteiger partial charge in [0.2, 0.25) is 10.0 Å². The van der Waals surface area contributed by atoms with Crippen molar-refractivity contribution < 1.29 is 8.42 Å². The zero-order valence-corrected chi connectivity index (χ0v) is 12.2. The fraction of sp³-hybridized carbons (Fsp3) is 0.462. The molecule has 0 unspecified atom stereocenters. The molecule has 0 radical (unpaired) electrons. The summed E-state index contributed by atoms with van der Waals surface area (Å²) in [5, 5.41) is 0.00637. The number of allylic oxidation sites excluding steroid dienone is 1.